The molecule has 0 amide bonds. The van der Waals surface area contributed by atoms with Crippen LogP contribution >= 0.6 is 0 Å². The number of hydrogen-bond acceptors (Lipinski definition) is 4. The van der Waals surface area contributed by atoms with Crippen molar-refractivity contribution in [2.24, 2.45) is 7.05 Å². The molecule has 0 unspecified atom stereocenters. The summed E-state index contributed by atoms with van der Waals surface area (Å²) in [6.45, 7) is 1.49. The molecule has 0 aliphatic carbocycles. The number of aromatic nitrogens is 2. The van der Waals surface area contributed by atoms with Crippen LogP contribution in [0.15, 0.2) is 0 Å². The zero-order chi connectivity index (χ0) is 13.2. The Morgan fingerprint density at radius 2 is 2.18 bits per heavy atom. The molecule has 5 nitrogen and oxygen atoms in total. The van der Waals surface area contributed by atoms with Gasteiger partial charge < -0.3 is 4.74 Å². The van der Waals surface area contributed by atoms with E-state index in [1.54, 1.807) is 0 Å². The van der Waals surface area contributed by atoms with Gasteiger partial charge >= 0.3 is 12.1 Å². The quantitative estimate of drug-likeness (QED) is 0.742. The lowest BCUT2D eigenvalue weighted by molar-refractivity contribution is -0.143. The number of alkyl halides is 3. The van der Waals surface area contributed by atoms with Crippen molar-refractivity contribution in [3.8, 4) is 6.07 Å². The zero-order valence-electron chi connectivity index (χ0n) is 9.00. The lowest BCUT2D eigenvalue weighted by atomic mass is 10.2. The summed E-state index contributed by atoms with van der Waals surface area (Å²) in [6, 6.07) is 1.33. The number of rotatable bonds is 2. The average molecular weight is 247 g/mol. The lowest BCUT2D eigenvalue weighted by Crippen LogP contribution is -2.13. The highest BCUT2D eigenvalue weighted by Crippen LogP contribution is 2.32. The molecule has 0 fully saturated rings. The summed E-state index contributed by atoms with van der Waals surface area (Å²) in [4.78, 5) is 11.3. The third-order valence-electron chi connectivity index (χ3n) is 1.90. The third kappa shape index (κ3) is 2.38. The molecular weight excluding hydrogens is 239 g/mol. The van der Waals surface area contributed by atoms with Gasteiger partial charge in [-0.25, -0.2) is 4.79 Å². The second kappa shape index (κ2) is 4.45. The minimum Gasteiger partial charge on any atom is -0.461 e. The second-order valence-corrected chi connectivity index (χ2v) is 3.03. The molecule has 1 rings (SSSR count). The first-order valence-corrected chi connectivity index (χ1v) is 4.54. The maximum absolute atomic E-state index is 12.6. The summed E-state index contributed by atoms with van der Waals surface area (Å²) in [5.41, 5.74) is -2.70. The number of ether oxygens (including phenoxy) is 1. The Balaban J connectivity index is 3.38. The molecule has 0 spiro atoms. The van der Waals surface area contributed by atoms with Gasteiger partial charge in [0.15, 0.2) is 11.4 Å². The number of esters is 1. The summed E-state index contributed by atoms with van der Waals surface area (Å²) >= 11 is 0. The Hall–Kier alpha value is -2.04. The van der Waals surface area contributed by atoms with Crippen LogP contribution in [-0.2, 0) is 18.0 Å². The van der Waals surface area contributed by atoms with Crippen molar-refractivity contribution in [1.82, 2.24) is 9.78 Å². The van der Waals surface area contributed by atoms with Crippen molar-refractivity contribution in [1.29, 1.82) is 5.26 Å². The molecule has 1 aromatic heterocycles. The van der Waals surface area contributed by atoms with E-state index < -0.39 is 29.1 Å². The zero-order valence-corrected chi connectivity index (χ0v) is 9.00. The average Bonchev–Trinajstić information content (AvgIpc) is 2.54. The van der Waals surface area contributed by atoms with E-state index in [4.69, 9.17) is 5.26 Å². The number of hydrogen-bond donors (Lipinski definition) is 0. The SMILES string of the molecule is CCOC(=O)c1nn(C)c(C(F)(F)F)c1C#N. The molecule has 1 heterocycles. The summed E-state index contributed by atoms with van der Waals surface area (Å²) in [6.07, 6.45) is -4.75. The summed E-state index contributed by atoms with van der Waals surface area (Å²) in [7, 11) is 1.01. The van der Waals surface area contributed by atoms with Crippen molar-refractivity contribution in [3.63, 3.8) is 0 Å². The molecule has 8 heteroatoms. The minimum absolute atomic E-state index is 0.0123. The van der Waals surface area contributed by atoms with Crippen molar-refractivity contribution < 1.29 is 22.7 Å². The Morgan fingerprint density at radius 3 is 2.59 bits per heavy atom. The molecule has 0 aliphatic rings. The van der Waals surface area contributed by atoms with Crippen LogP contribution in [0, 0.1) is 11.3 Å². The first-order chi connectivity index (χ1) is 7.82. The topological polar surface area (TPSA) is 67.9 Å². The van der Waals surface area contributed by atoms with Crippen molar-refractivity contribution >= 4 is 5.97 Å². The molecule has 0 aliphatic heterocycles. The van der Waals surface area contributed by atoms with Crippen molar-refractivity contribution in [2.45, 2.75) is 13.1 Å². The van der Waals surface area contributed by atoms with Crippen LogP contribution in [0.2, 0.25) is 0 Å². The van der Waals surface area contributed by atoms with E-state index in [1.165, 1.54) is 13.0 Å². The Bertz CT molecular complexity index is 485. The first kappa shape index (κ1) is 13.0. The predicted octanol–water partition coefficient (Wildman–Crippen LogP) is 1.49. The lowest BCUT2D eigenvalue weighted by Gasteiger charge is -2.05. The highest BCUT2D eigenvalue weighted by Gasteiger charge is 2.40. The molecule has 0 radical (unpaired) electrons. The Kier molecular flexibility index (Phi) is 3.41. The maximum atomic E-state index is 12.6. The van der Waals surface area contributed by atoms with Crippen molar-refractivity contribution in [2.75, 3.05) is 6.61 Å². The molecule has 0 aromatic carbocycles. The fourth-order valence-corrected chi connectivity index (χ4v) is 1.30. The van der Waals surface area contributed by atoms with E-state index in [0.717, 1.165) is 7.05 Å². The molecule has 1 aromatic rings. The van der Waals surface area contributed by atoms with E-state index in [0.29, 0.717) is 4.68 Å². The normalized spacial score (nSPS) is 11.1. The second-order valence-electron chi connectivity index (χ2n) is 3.03. The van der Waals surface area contributed by atoms with Crippen LogP contribution in [0.5, 0.6) is 0 Å². The molecule has 0 N–H and O–H groups in total. The van der Waals surface area contributed by atoms with Gasteiger partial charge in [-0.05, 0) is 6.92 Å². The van der Waals surface area contributed by atoms with Gasteiger partial charge in [0, 0.05) is 7.05 Å². The van der Waals surface area contributed by atoms with E-state index in [9.17, 15) is 18.0 Å². The highest BCUT2D eigenvalue weighted by atomic mass is 19.4. The number of carbonyl (C=O) groups is 1. The molecule has 0 saturated heterocycles. The van der Waals surface area contributed by atoms with Gasteiger partial charge in [0.2, 0.25) is 0 Å². The molecule has 0 atom stereocenters. The van der Waals surface area contributed by atoms with Gasteiger partial charge in [-0.2, -0.15) is 23.5 Å². The molecule has 17 heavy (non-hydrogen) atoms. The van der Waals surface area contributed by atoms with Crippen LogP contribution < -0.4 is 0 Å². The minimum atomic E-state index is -4.75. The smallest absolute Gasteiger partial charge is 0.434 e. The van der Waals surface area contributed by atoms with Crippen LogP contribution in [0.1, 0.15) is 28.7 Å². The van der Waals surface area contributed by atoms with Gasteiger partial charge in [0.1, 0.15) is 11.6 Å². The largest absolute Gasteiger partial charge is 0.461 e. The maximum Gasteiger partial charge on any atom is 0.434 e. The van der Waals surface area contributed by atoms with E-state index in [2.05, 4.69) is 9.84 Å². The number of carbonyl (C=O) groups excluding carboxylic acids is 1. The number of nitrogens with zero attached hydrogens (tertiary/aromatic N) is 3. The fourth-order valence-electron chi connectivity index (χ4n) is 1.30. The van der Waals surface area contributed by atoms with Gasteiger partial charge in [0.05, 0.1) is 6.61 Å². The number of nitriles is 1. The van der Waals surface area contributed by atoms with Gasteiger partial charge in [-0.15, -0.1) is 0 Å². The van der Waals surface area contributed by atoms with Crippen molar-refractivity contribution in [3.05, 3.63) is 17.0 Å². The molecule has 92 valence electrons. The van der Waals surface area contributed by atoms with E-state index >= 15 is 0 Å². The highest BCUT2D eigenvalue weighted by molar-refractivity contribution is 5.90. The van der Waals surface area contributed by atoms with Crippen LogP contribution in [0.3, 0.4) is 0 Å². The van der Waals surface area contributed by atoms with Gasteiger partial charge in [0.25, 0.3) is 0 Å². The molecule has 0 bridgehead atoms. The van der Waals surface area contributed by atoms with Crippen LogP contribution in [0.25, 0.3) is 0 Å². The predicted molar refractivity (Wildman–Crippen MR) is 48.9 cm³/mol. The molecular formula is C9H8F3N3O2. The van der Waals surface area contributed by atoms with Gasteiger partial charge in [-0.3, -0.25) is 4.68 Å². The van der Waals surface area contributed by atoms with Crippen LogP contribution in [-0.4, -0.2) is 22.4 Å². The van der Waals surface area contributed by atoms with Gasteiger partial charge in [-0.1, -0.05) is 0 Å². The third-order valence-corrected chi connectivity index (χ3v) is 1.90. The standard InChI is InChI=1S/C9H8F3N3O2/c1-3-17-8(16)6-5(4-13)7(9(10,11)12)15(2)14-6/h3H2,1-2H3. The monoisotopic (exact) mass is 247 g/mol. The van der Waals surface area contributed by atoms with E-state index in [-0.39, 0.29) is 6.61 Å². The summed E-state index contributed by atoms with van der Waals surface area (Å²) in [5, 5.41) is 12.0. The Labute approximate surface area is 94.4 Å². The fraction of sp³-hybridized carbons (Fsp3) is 0.444. The molecule has 0 saturated carbocycles. The first-order valence-electron chi connectivity index (χ1n) is 4.54. The summed E-state index contributed by atoms with van der Waals surface area (Å²) < 4.78 is 42.8. The Morgan fingerprint density at radius 1 is 1.59 bits per heavy atom. The van der Waals surface area contributed by atoms with Crippen LogP contribution in [0.4, 0.5) is 13.2 Å². The number of aryl methyl sites for hydroxylation is 1. The van der Waals surface area contributed by atoms with E-state index in [1.807, 2.05) is 0 Å². The number of halogens is 3. The summed E-state index contributed by atoms with van der Waals surface area (Å²) in [5.74, 6) is -1.05.